The van der Waals surface area contributed by atoms with Gasteiger partial charge in [-0.3, -0.25) is 14.6 Å². The van der Waals surface area contributed by atoms with Gasteiger partial charge in [0.25, 0.3) is 5.91 Å². The van der Waals surface area contributed by atoms with Gasteiger partial charge in [-0.2, -0.15) is 0 Å². The molecule has 0 unspecified atom stereocenters. The molecule has 3 heterocycles. The third kappa shape index (κ3) is 4.53. The molecule has 8 nitrogen and oxygen atoms in total. The highest BCUT2D eigenvalue weighted by molar-refractivity contribution is 5.93. The number of nitrogens with zero attached hydrogens (tertiary/aromatic N) is 5. The number of pyridine rings is 1. The van der Waals surface area contributed by atoms with E-state index in [1.807, 2.05) is 40.7 Å². The maximum atomic E-state index is 12.8. The van der Waals surface area contributed by atoms with Gasteiger partial charge in [-0.1, -0.05) is 29.8 Å². The van der Waals surface area contributed by atoms with Crippen LogP contribution in [0.2, 0.25) is 0 Å². The van der Waals surface area contributed by atoms with Gasteiger partial charge >= 0.3 is 0 Å². The Labute approximate surface area is 175 Å². The Hall–Kier alpha value is -3.55. The highest BCUT2D eigenvalue weighted by Gasteiger charge is 2.22. The van der Waals surface area contributed by atoms with Crippen molar-refractivity contribution in [2.24, 2.45) is 0 Å². The Morgan fingerprint density at radius 1 is 1.07 bits per heavy atom. The number of rotatable bonds is 5. The first kappa shape index (κ1) is 19.8. The van der Waals surface area contributed by atoms with Crippen LogP contribution in [0.1, 0.15) is 33.1 Å². The van der Waals surface area contributed by atoms with Gasteiger partial charge < -0.3 is 14.8 Å². The fraction of sp³-hybridized carbons (Fsp3) is 0.318. The normalized spacial score (nSPS) is 13.4. The fourth-order valence-corrected chi connectivity index (χ4v) is 3.64. The van der Waals surface area contributed by atoms with E-state index in [-0.39, 0.29) is 18.4 Å². The number of benzene rings is 1. The van der Waals surface area contributed by atoms with Gasteiger partial charge in [0.15, 0.2) is 5.82 Å². The summed E-state index contributed by atoms with van der Waals surface area (Å²) in [5.41, 5.74) is 2.73. The lowest BCUT2D eigenvalue weighted by Crippen LogP contribution is -2.35. The lowest BCUT2D eigenvalue weighted by atomic mass is 10.1. The molecule has 1 aliphatic heterocycles. The molecular weight excluding hydrogens is 380 g/mol. The SMILES string of the molecule is Cc1cccc(CC(=O)N2CCc3nnc(CNC(=O)c4ccncc4)n3CC2)c1. The summed E-state index contributed by atoms with van der Waals surface area (Å²) >= 11 is 0. The monoisotopic (exact) mass is 404 g/mol. The second-order valence-electron chi connectivity index (χ2n) is 7.40. The van der Waals surface area contributed by atoms with Crippen LogP contribution in [0.4, 0.5) is 0 Å². The number of carbonyl (C=O) groups is 2. The predicted molar refractivity (Wildman–Crippen MR) is 111 cm³/mol. The number of nitrogens with one attached hydrogen (secondary N) is 1. The van der Waals surface area contributed by atoms with Crippen molar-refractivity contribution < 1.29 is 9.59 Å². The number of hydrogen-bond acceptors (Lipinski definition) is 5. The Kier molecular flexibility index (Phi) is 5.83. The Bertz CT molecular complexity index is 1050. The molecule has 2 aromatic heterocycles. The third-order valence-electron chi connectivity index (χ3n) is 5.24. The number of amides is 2. The molecule has 4 rings (SSSR count). The van der Waals surface area contributed by atoms with Gasteiger partial charge in [0.1, 0.15) is 5.82 Å². The summed E-state index contributed by atoms with van der Waals surface area (Å²) in [5.74, 6) is 1.47. The summed E-state index contributed by atoms with van der Waals surface area (Å²) in [7, 11) is 0. The van der Waals surface area contributed by atoms with Gasteiger partial charge in [-0.15, -0.1) is 10.2 Å². The van der Waals surface area contributed by atoms with E-state index in [0.717, 1.165) is 17.0 Å². The molecule has 0 radical (unpaired) electrons. The van der Waals surface area contributed by atoms with Crippen molar-refractivity contribution in [1.29, 1.82) is 0 Å². The predicted octanol–water partition coefficient (Wildman–Crippen LogP) is 1.54. The van der Waals surface area contributed by atoms with E-state index in [2.05, 4.69) is 20.5 Å². The van der Waals surface area contributed by atoms with Crippen LogP contribution >= 0.6 is 0 Å². The van der Waals surface area contributed by atoms with Crippen LogP contribution in [-0.2, 0) is 30.7 Å². The molecule has 3 aromatic rings. The average Bonchev–Trinajstić information content (AvgIpc) is 3.01. The standard InChI is InChI=1S/C22H24N6O2/c1-16-3-2-4-17(13-16)14-21(29)27-10-7-19-25-26-20(28(19)12-11-27)15-24-22(30)18-5-8-23-9-6-18/h2-6,8-9,13H,7,10-12,14-15H2,1H3,(H,24,30). The van der Waals surface area contributed by atoms with Gasteiger partial charge in [0, 0.05) is 44.0 Å². The molecule has 1 aliphatic rings. The van der Waals surface area contributed by atoms with E-state index in [9.17, 15) is 9.59 Å². The summed E-state index contributed by atoms with van der Waals surface area (Å²) < 4.78 is 2.01. The van der Waals surface area contributed by atoms with Crippen LogP contribution in [0, 0.1) is 6.92 Å². The average molecular weight is 404 g/mol. The summed E-state index contributed by atoms with van der Waals surface area (Å²) in [6.07, 6.45) is 4.21. The first-order valence-electron chi connectivity index (χ1n) is 10.0. The maximum Gasteiger partial charge on any atom is 0.251 e. The molecule has 8 heteroatoms. The van der Waals surface area contributed by atoms with Gasteiger partial charge in [0.05, 0.1) is 13.0 Å². The first-order valence-corrected chi connectivity index (χ1v) is 10.0. The van der Waals surface area contributed by atoms with E-state index in [0.29, 0.717) is 43.9 Å². The fourth-order valence-electron chi connectivity index (χ4n) is 3.64. The zero-order valence-electron chi connectivity index (χ0n) is 16.9. The second kappa shape index (κ2) is 8.86. The van der Waals surface area contributed by atoms with Gasteiger partial charge in [0.2, 0.25) is 5.91 Å². The van der Waals surface area contributed by atoms with Crippen molar-refractivity contribution >= 4 is 11.8 Å². The van der Waals surface area contributed by atoms with Crippen molar-refractivity contribution in [3.8, 4) is 0 Å². The zero-order chi connectivity index (χ0) is 20.9. The Morgan fingerprint density at radius 3 is 2.70 bits per heavy atom. The minimum atomic E-state index is -0.182. The van der Waals surface area contributed by atoms with E-state index in [4.69, 9.17) is 0 Å². The van der Waals surface area contributed by atoms with Crippen molar-refractivity contribution in [3.05, 3.63) is 77.1 Å². The largest absolute Gasteiger partial charge is 0.345 e. The van der Waals surface area contributed by atoms with Crippen molar-refractivity contribution in [3.63, 3.8) is 0 Å². The molecular formula is C22H24N6O2. The summed E-state index contributed by atoms with van der Waals surface area (Å²) in [4.78, 5) is 30.8. The lowest BCUT2D eigenvalue weighted by molar-refractivity contribution is -0.130. The van der Waals surface area contributed by atoms with E-state index in [1.54, 1.807) is 24.5 Å². The van der Waals surface area contributed by atoms with E-state index < -0.39 is 0 Å². The van der Waals surface area contributed by atoms with Crippen LogP contribution in [-0.4, -0.2) is 49.6 Å². The molecule has 30 heavy (non-hydrogen) atoms. The van der Waals surface area contributed by atoms with E-state index >= 15 is 0 Å². The number of aromatic nitrogens is 4. The molecule has 0 bridgehead atoms. The molecule has 0 spiro atoms. The topological polar surface area (TPSA) is 93.0 Å². The zero-order valence-corrected chi connectivity index (χ0v) is 16.9. The number of hydrogen-bond donors (Lipinski definition) is 1. The quantitative estimate of drug-likeness (QED) is 0.696. The van der Waals surface area contributed by atoms with Crippen molar-refractivity contribution in [2.75, 3.05) is 13.1 Å². The van der Waals surface area contributed by atoms with E-state index in [1.165, 1.54) is 0 Å². The van der Waals surface area contributed by atoms with Crippen LogP contribution in [0.5, 0.6) is 0 Å². The lowest BCUT2D eigenvalue weighted by Gasteiger charge is -2.20. The van der Waals surface area contributed by atoms with Crippen LogP contribution in [0.3, 0.4) is 0 Å². The van der Waals surface area contributed by atoms with Crippen LogP contribution in [0.15, 0.2) is 48.8 Å². The van der Waals surface area contributed by atoms with Gasteiger partial charge in [-0.05, 0) is 24.6 Å². The number of aryl methyl sites for hydroxylation is 1. The minimum absolute atomic E-state index is 0.117. The third-order valence-corrected chi connectivity index (χ3v) is 5.24. The minimum Gasteiger partial charge on any atom is -0.345 e. The molecule has 0 atom stereocenters. The van der Waals surface area contributed by atoms with Crippen LogP contribution < -0.4 is 5.32 Å². The summed E-state index contributed by atoms with van der Waals surface area (Å²) in [6.45, 7) is 4.14. The second-order valence-corrected chi connectivity index (χ2v) is 7.40. The Morgan fingerprint density at radius 2 is 1.90 bits per heavy atom. The maximum absolute atomic E-state index is 12.8. The molecule has 154 valence electrons. The molecule has 0 aliphatic carbocycles. The molecule has 0 fully saturated rings. The van der Waals surface area contributed by atoms with Gasteiger partial charge in [-0.25, -0.2) is 0 Å². The molecule has 1 aromatic carbocycles. The first-order chi connectivity index (χ1) is 14.6. The van der Waals surface area contributed by atoms with Crippen molar-refractivity contribution in [2.45, 2.75) is 32.9 Å². The Balaban J connectivity index is 1.36. The summed E-state index contributed by atoms with van der Waals surface area (Å²) in [6, 6.07) is 11.4. The molecule has 0 saturated carbocycles. The molecule has 2 amide bonds. The summed E-state index contributed by atoms with van der Waals surface area (Å²) in [5, 5.41) is 11.4. The highest BCUT2D eigenvalue weighted by Crippen LogP contribution is 2.12. The van der Waals surface area contributed by atoms with Crippen molar-refractivity contribution in [1.82, 2.24) is 30.0 Å². The number of fused-ring (bicyclic) bond motifs is 1. The molecule has 0 saturated heterocycles. The highest BCUT2D eigenvalue weighted by atomic mass is 16.2. The van der Waals surface area contributed by atoms with Crippen LogP contribution in [0.25, 0.3) is 0 Å². The number of carbonyl (C=O) groups excluding carboxylic acids is 2. The smallest absolute Gasteiger partial charge is 0.251 e. The molecule has 1 N–H and O–H groups in total.